The number of fused-ring (bicyclic) bond motifs is 5. The predicted molar refractivity (Wildman–Crippen MR) is 82.3 cm³/mol. The van der Waals surface area contributed by atoms with Crippen LogP contribution in [0.25, 0.3) is 11.3 Å². The zero-order chi connectivity index (χ0) is 15.3. The molecule has 2 aromatic rings. The number of carbonyl (C=O) groups excluding carboxylic acids is 2. The Hall–Kier alpha value is -2.20. The summed E-state index contributed by atoms with van der Waals surface area (Å²) < 4.78 is 2.10. The summed E-state index contributed by atoms with van der Waals surface area (Å²) in [5, 5.41) is 9.17. The monoisotopic (exact) mass is 295 g/mol. The molecule has 0 spiro atoms. The molecule has 4 nitrogen and oxygen atoms in total. The molecule has 0 unspecified atom stereocenters. The van der Waals surface area contributed by atoms with Crippen molar-refractivity contribution in [3.63, 3.8) is 0 Å². The minimum atomic E-state index is -0.0279. The maximum Gasteiger partial charge on any atom is 0.196 e. The molecule has 4 rings (SSSR count). The van der Waals surface area contributed by atoms with Gasteiger partial charge in [0.2, 0.25) is 0 Å². The van der Waals surface area contributed by atoms with E-state index in [4.69, 9.17) is 5.11 Å². The van der Waals surface area contributed by atoms with E-state index in [1.807, 2.05) is 24.3 Å². The number of nitrogens with zero attached hydrogens (tertiary/aromatic N) is 1. The van der Waals surface area contributed by atoms with Crippen molar-refractivity contribution in [3.05, 3.63) is 46.6 Å². The van der Waals surface area contributed by atoms with Gasteiger partial charge in [-0.05, 0) is 19.3 Å². The number of rotatable bonds is 3. The molecule has 4 heteroatoms. The summed E-state index contributed by atoms with van der Waals surface area (Å²) in [5.74, 6) is 0.0567. The fourth-order valence-corrected chi connectivity index (χ4v) is 3.77. The Balaban J connectivity index is 2.02. The predicted octanol–water partition coefficient (Wildman–Crippen LogP) is 2.60. The summed E-state index contributed by atoms with van der Waals surface area (Å²) in [6.07, 6.45) is 2.81. The van der Waals surface area contributed by atoms with Gasteiger partial charge in [0, 0.05) is 36.4 Å². The molecule has 0 amide bonds. The van der Waals surface area contributed by atoms with E-state index in [0.717, 1.165) is 29.8 Å². The van der Waals surface area contributed by atoms with Gasteiger partial charge >= 0.3 is 0 Å². The Morgan fingerprint density at radius 3 is 2.59 bits per heavy atom. The van der Waals surface area contributed by atoms with Crippen molar-refractivity contribution in [1.82, 2.24) is 4.57 Å². The highest BCUT2D eigenvalue weighted by molar-refractivity contribution is 6.26. The number of aromatic nitrogens is 1. The van der Waals surface area contributed by atoms with E-state index in [1.165, 1.54) is 0 Å². The third-order valence-corrected chi connectivity index (χ3v) is 4.66. The lowest BCUT2D eigenvalue weighted by atomic mass is 9.92. The molecule has 0 saturated heterocycles. The van der Waals surface area contributed by atoms with Crippen molar-refractivity contribution < 1.29 is 14.7 Å². The second-order valence-electron chi connectivity index (χ2n) is 5.93. The number of aliphatic hydroxyl groups excluding tert-OH is 1. The van der Waals surface area contributed by atoms with Crippen molar-refractivity contribution in [1.29, 1.82) is 0 Å². The lowest BCUT2D eigenvalue weighted by Gasteiger charge is -2.17. The molecule has 2 aliphatic carbocycles. The maximum atomic E-state index is 12.8. The molecule has 0 saturated carbocycles. The minimum Gasteiger partial charge on any atom is -0.396 e. The average Bonchev–Trinajstić information content (AvgIpc) is 3.01. The molecule has 0 bridgehead atoms. The number of hydrogen-bond acceptors (Lipinski definition) is 3. The Labute approximate surface area is 128 Å². The second kappa shape index (κ2) is 4.92. The van der Waals surface area contributed by atoms with Gasteiger partial charge in [0.15, 0.2) is 11.6 Å². The first kappa shape index (κ1) is 13.5. The Bertz CT molecular complexity index is 801. The number of aliphatic hydroxyl groups is 1. The quantitative estimate of drug-likeness (QED) is 0.808. The SMILES string of the molecule is O=C1CCCc2c1c1c(n2CCCO)-c2ccccc2C1=O. The highest BCUT2D eigenvalue weighted by Gasteiger charge is 2.38. The van der Waals surface area contributed by atoms with Crippen LogP contribution >= 0.6 is 0 Å². The van der Waals surface area contributed by atoms with E-state index in [0.29, 0.717) is 36.1 Å². The lowest BCUT2D eigenvalue weighted by molar-refractivity contribution is 0.0959. The van der Waals surface area contributed by atoms with Crippen LogP contribution in [0.4, 0.5) is 0 Å². The van der Waals surface area contributed by atoms with Gasteiger partial charge in [-0.1, -0.05) is 24.3 Å². The molecular weight excluding hydrogens is 278 g/mol. The van der Waals surface area contributed by atoms with E-state index in [1.54, 1.807) is 0 Å². The van der Waals surface area contributed by atoms with Gasteiger partial charge in [0.1, 0.15) is 0 Å². The van der Waals surface area contributed by atoms with Crippen LogP contribution in [0.15, 0.2) is 24.3 Å². The Kier molecular flexibility index (Phi) is 3.01. The first-order valence-corrected chi connectivity index (χ1v) is 7.77. The smallest absolute Gasteiger partial charge is 0.196 e. The maximum absolute atomic E-state index is 12.8. The van der Waals surface area contributed by atoms with Crippen LogP contribution in [0, 0.1) is 0 Å². The Morgan fingerprint density at radius 1 is 1.05 bits per heavy atom. The molecule has 0 atom stereocenters. The summed E-state index contributed by atoms with van der Waals surface area (Å²) in [7, 11) is 0. The molecular formula is C18H17NO3. The normalized spacial score (nSPS) is 15.7. The third kappa shape index (κ3) is 1.67. The molecule has 0 radical (unpaired) electrons. The van der Waals surface area contributed by atoms with Crippen LogP contribution in [-0.4, -0.2) is 27.8 Å². The van der Waals surface area contributed by atoms with Crippen LogP contribution in [0.5, 0.6) is 0 Å². The lowest BCUT2D eigenvalue weighted by Crippen LogP contribution is -2.16. The number of ketones is 2. The first-order chi connectivity index (χ1) is 10.7. The molecule has 2 aliphatic rings. The standard InChI is InChI=1S/C18H17NO3/c20-10-4-9-19-13-7-3-8-14(21)15(13)16-17(19)11-5-1-2-6-12(11)18(16)22/h1-2,5-6,20H,3-4,7-10H2. The van der Waals surface area contributed by atoms with Crippen LogP contribution in [0.3, 0.4) is 0 Å². The Morgan fingerprint density at radius 2 is 1.82 bits per heavy atom. The number of carbonyl (C=O) groups is 2. The zero-order valence-electron chi connectivity index (χ0n) is 12.3. The van der Waals surface area contributed by atoms with E-state index < -0.39 is 0 Å². The molecule has 1 heterocycles. The van der Waals surface area contributed by atoms with Crippen LogP contribution in [0.2, 0.25) is 0 Å². The second-order valence-corrected chi connectivity index (χ2v) is 5.93. The van der Waals surface area contributed by atoms with E-state index in [9.17, 15) is 9.59 Å². The molecule has 1 aromatic heterocycles. The minimum absolute atomic E-state index is 0.0279. The number of Topliss-reactive ketones (excluding diaryl/α,β-unsaturated/α-hetero) is 1. The van der Waals surface area contributed by atoms with E-state index in [-0.39, 0.29) is 18.2 Å². The summed E-state index contributed by atoms with van der Waals surface area (Å²) in [5.41, 5.74) is 4.71. The van der Waals surface area contributed by atoms with Gasteiger partial charge in [0.05, 0.1) is 16.8 Å². The van der Waals surface area contributed by atoms with Crippen LogP contribution in [-0.2, 0) is 13.0 Å². The van der Waals surface area contributed by atoms with Gasteiger partial charge in [-0.2, -0.15) is 0 Å². The third-order valence-electron chi connectivity index (χ3n) is 4.66. The summed E-state index contributed by atoms with van der Waals surface area (Å²) in [6.45, 7) is 0.744. The van der Waals surface area contributed by atoms with Crippen molar-refractivity contribution in [3.8, 4) is 11.3 Å². The summed E-state index contributed by atoms with van der Waals surface area (Å²) in [4.78, 5) is 25.2. The molecule has 112 valence electrons. The van der Waals surface area contributed by atoms with Gasteiger partial charge in [-0.25, -0.2) is 0 Å². The molecule has 0 aliphatic heterocycles. The van der Waals surface area contributed by atoms with Gasteiger partial charge < -0.3 is 9.67 Å². The van der Waals surface area contributed by atoms with Crippen LogP contribution in [0.1, 0.15) is 51.2 Å². The molecule has 22 heavy (non-hydrogen) atoms. The van der Waals surface area contributed by atoms with Crippen molar-refractivity contribution >= 4 is 11.6 Å². The highest BCUT2D eigenvalue weighted by atomic mass is 16.3. The van der Waals surface area contributed by atoms with Gasteiger partial charge in [-0.3, -0.25) is 9.59 Å². The first-order valence-electron chi connectivity index (χ1n) is 7.77. The van der Waals surface area contributed by atoms with E-state index >= 15 is 0 Å². The highest BCUT2D eigenvalue weighted by Crippen LogP contribution is 2.43. The van der Waals surface area contributed by atoms with Gasteiger partial charge in [0.25, 0.3) is 0 Å². The summed E-state index contributed by atoms with van der Waals surface area (Å²) >= 11 is 0. The fourth-order valence-electron chi connectivity index (χ4n) is 3.77. The van der Waals surface area contributed by atoms with E-state index in [2.05, 4.69) is 4.57 Å². The largest absolute Gasteiger partial charge is 0.396 e. The van der Waals surface area contributed by atoms with Crippen molar-refractivity contribution in [2.75, 3.05) is 6.61 Å². The summed E-state index contributed by atoms with van der Waals surface area (Å²) in [6, 6.07) is 7.55. The van der Waals surface area contributed by atoms with Crippen LogP contribution < -0.4 is 0 Å². The molecule has 1 N–H and O–H groups in total. The molecule has 1 aromatic carbocycles. The number of benzene rings is 1. The topological polar surface area (TPSA) is 59.3 Å². The average molecular weight is 295 g/mol. The fraction of sp³-hybridized carbons (Fsp3) is 0.333. The van der Waals surface area contributed by atoms with Crippen molar-refractivity contribution in [2.24, 2.45) is 0 Å². The number of hydrogen-bond donors (Lipinski definition) is 1. The van der Waals surface area contributed by atoms with Crippen molar-refractivity contribution in [2.45, 2.75) is 32.2 Å². The van der Waals surface area contributed by atoms with Gasteiger partial charge in [-0.15, -0.1) is 0 Å². The molecule has 0 fully saturated rings. The zero-order valence-corrected chi connectivity index (χ0v) is 12.3.